The summed E-state index contributed by atoms with van der Waals surface area (Å²) in [7, 11) is 0. The fraction of sp³-hybridized carbons (Fsp3) is 0.417. The van der Waals surface area contributed by atoms with E-state index in [-0.39, 0.29) is 18.6 Å². The Kier molecular flexibility index (Phi) is 2.20. The Balaban J connectivity index is 2.36. The molecule has 1 aliphatic rings. The van der Waals surface area contributed by atoms with Crippen LogP contribution in [-0.4, -0.2) is 26.9 Å². The zero-order valence-electron chi connectivity index (χ0n) is 8.97. The van der Waals surface area contributed by atoms with Gasteiger partial charge in [-0.3, -0.25) is 4.79 Å². The van der Waals surface area contributed by atoms with E-state index >= 15 is 0 Å². The van der Waals surface area contributed by atoms with Crippen LogP contribution in [0.2, 0.25) is 0 Å². The summed E-state index contributed by atoms with van der Waals surface area (Å²) in [6.07, 6.45) is 0.417. The minimum absolute atomic E-state index is 0.107. The zero-order valence-corrected chi connectivity index (χ0v) is 8.97. The molecule has 1 aromatic rings. The topological polar surface area (TPSA) is 77.8 Å². The molecule has 3 N–H and O–H groups in total. The second-order valence-corrected chi connectivity index (χ2v) is 4.78. The van der Waals surface area contributed by atoms with Gasteiger partial charge >= 0.3 is 5.97 Å². The van der Waals surface area contributed by atoms with Crippen molar-refractivity contribution in [2.24, 2.45) is 0 Å². The van der Waals surface area contributed by atoms with Gasteiger partial charge < -0.3 is 15.3 Å². The van der Waals surface area contributed by atoms with Gasteiger partial charge in [0.05, 0.1) is 11.0 Å². The maximum Gasteiger partial charge on any atom is 0.314 e. The van der Waals surface area contributed by atoms with Crippen LogP contribution < -0.4 is 0 Å². The summed E-state index contributed by atoms with van der Waals surface area (Å²) in [6.45, 7) is 1.63. The minimum atomic E-state index is -1.00. The van der Waals surface area contributed by atoms with Crippen LogP contribution in [0.5, 0.6) is 5.75 Å². The Morgan fingerprint density at radius 1 is 1.25 bits per heavy atom. The Hall–Kier alpha value is -1.55. The van der Waals surface area contributed by atoms with E-state index in [2.05, 4.69) is 0 Å². The summed E-state index contributed by atoms with van der Waals surface area (Å²) in [5, 5.41) is 28.1. The smallest absolute Gasteiger partial charge is 0.314 e. The summed E-state index contributed by atoms with van der Waals surface area (Å²) in [6, 6.07) is 6.12. The number of aliphatic hydroxyl groups is 1. The molecule has 0 amide bonds. The molecular formula is C12H14O4. The van der Waals surface area contributed by atoms with Crippen molar-refractivity contribution in [2.75, 3.05) is 0 Å². The van der Waals surface area contributed by atoms with Crippen LogP contribution in [0.3, 0.4) is 0 Å². The number of carbonyl (C=O) groups is 1. The van der Waals surface area contributed by atoms with E-state index < -0.39 is 17.0 Å². The molecule has 0 bridgehead atoms. The van der Waals surface area contributed by atoms with Crippen molar-refractivity contribution >= 4 is 5.97 Å². The average Bonchev–Trinajstić information content (AvgIpc) is 2.14. The lowest BCUT2D eigenvalue weighted by Gasteiger charge is -2.49. The van der Waals surface area contributed by atoms with Crippen molar-refractivity contribution in [2.45, 2.75) is 30.8 Å². The Morgan fingerprint density at radius 2 is 1.75 bits per heavy atom. The van der Waals surface area contributed by atoms with E-state index in [0.29, 0.717) is 5.56 Å². The largest absolute Gasteiger partial charge is 0.508 e. The van der Waals surface area contributed by atoms with Gasteiger partial charge in [0, 0.05) is 0 Å². The molecule has 0 unspecified atom stereocenters. The summed E-state index contributed by atoms with van der Waals surface area (Å²) >= 11 is 0. The molecule has 0 saturated heterocycles. The second-order valence-electron chi connectivity index (χ2n) is 4.78. The molecule has 0 heterocycles. The van der Waals surface area contributed by atoms with Gasteiger partial charge in [-0.25, -0.2) is 0 Å². The predicted octanol–water partition coefficient (Wildman–Crippen LogP) is 1.26. The Morgan fingerprint density at radius 3 is 2.12 bits per heavy atom. The van der Waals surface area contributed by atoms with Crippen LogP contribution in [0, 0.1) is 0 Å². The van der Waals surface area contributed by atoms with Crippen molar-refractivity contribution in [3.05, 3.63) is 29.8 Å². The fourth-order valence-corrected chi connectivity index (χ4v) is 2.51. The van der Waals surface area contributed by atoms with Gasteiger partial charge in [0.15, 0.2) is 0 Å². The normalized spacial score (nSPS) is 33.1. The van der Waals surface area contributed by atoms with Crippen LogP contribution in [-0.2, 0) is 10.2 Å². The molecule has 0 aliphatic heterocycles. The van der Waals surface area contributed by atoms with Gasteiger partial charge in [0.25, 0.3) is 0 Å². The minimum Gasteiger partial charge on any atom is -0.508 e. The maximum atomic E-state index is 11.3. The highest BCUT2D eigenvalue weighted by molar-refractivity contribution is 5.83. The van der Waals surface area contributed by atoms with Crippen molar-refractivity contribution < 1.29 is 20.1 Å². The van der Waals surface area contributed by atoms with E-state index in [4.69, 9.17) is 5.11 Å². The third kappa shape index (κ3) is 1.55. The SMILES string of the molecule is CC1(O)CC(C(=O)O)(c2ccc(O)cc2)C1. The van der Waals surface area contributed by atoms with Crippen molar-refractivity contribution in [3.63, 3.8) is 0 Å². The summed E-state index contributed by atoms with van der Waals surface area (Å²) in [5.74, 6) is -0.819. The third-order valence-corrected chi connectivity index (χ3v) is 3.19. The molecule has 0 radical (unpaired) electrons. The number of carboxylic acids is 1. The summed E-state index contributed by atoms with van der Waals surface area (Å²) in [4.78, 5) is 11.3. The predicted molar refractivity (Wildman–Crippen MR) is 57.3 cm³/mol. The van der Waals surface area contributed by atoms with E-state index in [1.54, 1.807) is 19.1 Å². The molecule has 4 heteroatoms. The van der Waals surface area contributed by atoms with Gasteiger partial charge in [-0.15, -0.1) is 0 Å². The Labute approximate surface area is 93.2 Å². The fourth-order valence-electron chi connectivity index (χ4n) is 2.51. The van der Waals surface area contributed by atoms with Crippen LogP contribution in [0.15, 0.2) is 24.3 Å². The first-order chi connectivity index (χ1) is 7.36. The molecule has 1 saturated carbocycles. The lowest BCUT2D eigenvalue weighted by atomic mass is 9.57. The van der Waals surface area contributed by atoms with E-state index in [1.165, 1.54) is 12.1 Å². The van der Waals surface area contributed by atoms with Gasteiger partial charge in [0.2, 0.25) is 0 Å². The van der Waals surface area contributed by atoms with Crippen molar-refractivity contribution in [1.82, 2.24) is 0 Å². The van der Waals surface area contributed by atoms with Gasteiger partial charge in [-0.2, -0.15) is 0 Å². The molecule has 1 aromatic carbocycles. The van der Waals surface area contributed by atoms with E-state index in [0.717, 1.165) is 0 Å². The number of phenols is 1. The number of phenolic OH excluding ortho intramolecular Hbond substituents is 1. The maximum absolute atomic E-state index is 11.3. The second kappa shape index (κ2) is 3.22. The lowest BCUT2D eigenvalue weighted by molar-refractivity contribution is -0.162. The molecule has 0 aromatic heterocycles. The number of aliphatic carboxylic acids is 1. The number of hydrogen-bond acceptors (Lipinski definition) is 3. The van der Waals surface area contributed by atoms with Gasteiger partial charge in [0.1, 0.15) is 5.75 Å². The lowest BCUT2D eigenvalue weighted by Crippen LogP contribution is -2.57. The molecule has 16 heavy (non-hydrogen) atoms. The monoisotopic (exact) mass is 222 g/mol. The van der Waals surface area contributed by atoms with Crippen LogP contribution >= 0.6 is 0 Å². The first-order valence-electron chi connectivity index (χ1n) is 5.11. The standard InChI is InChI=1S/C12H14O4/c1-11(16)6-12(7-11,10(14)15)8-2-4-9(13)5-3-8/h2-5,13,16H,6-7H2,1H3,(H,14,15). The molecule has 1 fully saturated rings. The molecule has 0 spiro atoms. The number of hydrogen-bond donors (Lipinski definition) is 3. The molecule has 4 nitrogen and oxygen atoms in total. The first kappa shape index (κ1) is 11.0. The van der Waals surface area contributed by atoms with Crippen molar-refractivity contribution in [1.29, 1.82) is 0 Å². The quantitative estimate of drug-likeness (QED) is 0.704. The highest BCUT2D eigenvalue weighted by atomic mass is 16.4. The van der Waals surface area contributed by atoms with Crippen LogP contribution in [0.25, 0.3) is 0 Å². The molecule has 2 rings (SSSR count). The molecular weight excluding hydrogens is 208 g/mol. The van der Waals surface area contributed by atoms with Crippen LogP contribution in [0.1, 0.15) is 25.3 Å². The molecule has 86 valence electrons. The molecule has 1 aliphatic carbocycles. The average molecular weight is 222 g/mol. The highest BCUT2D eigenvalue weighted by Crippen LogP contribution is 2.50. The summed E-state index contributed by atoms with van der Waals surface area (Å²) < 4.78 is 0. The van der Waals surface area contributed by atoms with Crippen molar-refractivity contribution in [3.8, 4) is 5.75 Å². The number of aromatic hydroxyl groups is 1. The van der Waals surface area contributed by atoms with Gasteiger partial charge in [-0.05, 0) is 37.5 Å². The number of benzene rings is 1. The first-order valence-corrected chi connectivity index (χ1v) is 5.11. The van der Waals surface area contributed by atoms with Crippen LogP contribution in [0.4, 0.5) is 0 Å². The summed E-state index contributed by atoms with van der Waals surface area (Å²) in [5.41, 5.74) is -1.28. The Bertz CT molecular complexity index is 411. The number of carboxylic acid groups (broad SMARTS) is 1. The third-order valence-electron chi connectivity index (χ3n) is 3.19. The highest BCUT2D eigenvalue weighted by Gasteiger charge is 2.57. The van der Waals surface area contributed by atoms with Gasteiger partial charge in [-0.1, -0.05) is 12.1 Å². The molecule has 0 atom stereocenters. The number of rotatable bonds is 2. The zero-order chi connectivity index (χ0) is 12.0. The van der Waals surface area contributed by atoms with E-state index in [9.17, 15) is 15.0 Å². The van der Waals surface area contributed by atoms with E-state index in [1.807, 2.05) is 0 Å².